The van der Waals surface area contributed by atoms with Crippen molar-refractivity contribution in [2.24, 2.45) is 5.73 Å². The van der Waals surface area contributed by atoms with Crippen molar-refractivity contribution < 1.29 is 9.53 Å². The van der Waals surface area contributed by atoms with Crippen LogP contribution >= 0.6 is 0 Å². The Bertz CT molecular complexity index is 1030. The second-order valence-electron chi connectivity index (χ2n) is 6.90. The summed E-state index contributed by atoms with van der Waals surface area (Å²) in [5.74, 6) is 0. The zero-order valence-corrected chi connectivity index (χ0v) is 14.7. The maximum absolute atomic E-state index is 12.2. The number of cyclic esters (lactones) is 1. The van der Waals surface area contributed by atoms with E-state index >= 15 is 0 Å². The van der Waals surface area contributed by atoms with Crippen molar-refractivity contribution in [3.05, 3.63) is 53.9 Å². The van der Waals surface area contributed by atoms with Crippen molar-refractivity contribution in [3.8, 4) is 16.8 Å². The highest BCUT2D eigenvalue weighted by atomic mass is 16.6. The van der Waals surface area contributed by atoms with Gasteiger partial charge in [0.25, 0.3) is 0 Å². The number of hydrogen-bond acceptors (Lipinski definition) is 6. The molecule has 8 heteroatoms. The molecular formula is C19H18N6O2. The molecular weight excluding hydrogens is 344 g/mol. The SMILES string of the molecule is Cc1cc(-c2ccc3c(c2)CC2C(CN)OC(=O)N32)ccc1-n1cnnn1. The van der Waals surface area contributed by atoms with Crippen molar-refractivity contribution in [3.63, 3.8) is 0 Å². The second kappa shape index (κ2) is 5.88. The number of hydrogen-bond donors (Lipinski definition) is 1. The largest absolute Gasteiger partial charge is 0.442 e. The minimum absolute atomic E-state index is 0.00308. The fourth-order valence-electron chi connectivity index (χ4n) is 4.02. The van der Waals surface area contributed by atoms with Crippen LogP contribution in [0.15, 0.2) is 42.7 Å². The fourth-order valence-corrected chi connectivity index (χ4v) is 4.02. The van der Waals surface area contributed by atoms with Gasteiger partial charge < -0.3 is 10.5 Å². The highest BCUT2D eigenvalue weighted by molar-refractivity contribution is 5.94. The smallest absolute Gasteiger partial charge is 0.415 e. The molecule has 1 amide bonds. The average Bonchev–Trinajstić information content (AvgIpc) is 3.38. The van der Waals surface area contributed by atoms with Gasteiger partial charge in [0.05, 0.1) is 17.4 Å². The first kappa shape index (κ1) is 16.0. The van der Waals surface area contributed by atoms with Crippen LogP contribution < -0.4 is 10.6 Å². The van der Waals surface area contributed by atoms with Crippen LogP contribution in [0.25, 0.3) is 16.8 Å². The highest BCUT2D eigenvalue weighted by Crippen LogP contribution is 2.40. The third-order valence-electron chi connectivity index (χ3n) is 5.34. The summed E-state index contributed by atoms with van der Waals surface area (Å²) >= 11 is 0. The Labute approximate surface area is 155 Å². The standard InChI is InChI=1S/C19H18N6O2/c1-11-6-12(2-4-15(11)24-10-21-22-23-24)13-3-5-16-14(7-13)8-17-18(9-20)27-19(26)25(16)17/h2-7,10,17-18H,8-9,20H2,1H3. The van der Waals surface area contributed by atoms with Crippen LogP contribution in [0.4, 0.5) is 10.5 Å². The van der Waals surface area contributed by atoms with E-state index in [0.29, 0.717) is 6.54 Å². The number of aryl methyl sites for hydroxylation is 1. The summed E-state index contributed by atoms with van der Waals surface area (Å²) in [5, 5.41) is 11.3. The van der Waals surface area contributed by atoms with Gasteiger partial charge in [0.1, 0.15) is 12.4 Å². The van der Waals surface area contributed by atoms with Crippen molar-refractivity contribution >= 4 is 11.8 Å². The predicted octanol–water partition coefficient (Wildman–Crippen LogP) is 1.85. The molecule has 2 aliphatic rings. The van der Waals surface area contributed by atoms with Crippen LogP contribution in [0.5, 0.6) is 0 Å². The van der Waals surface area contributed by atoms with Gasteiger partial charge in [0.2, 0.25) is 0 Å². The Morgan fingerprint density at radius 3 is 2.67 bits per heavy atom. The van der Waals surface area contributed by atoms with Gasteiger partial charge in [-0.05, 0) is 70.3 Å². The van der Waals surface area contributed by atoms with Gasteiger partial charge in [-0.25, -0.2) is 9.48 Å². The summed E-state index contributed by atoms with van der Waals surface area (Å²) in [6, 6.07) is 12.4. The molecule has 1 saturated heterocycles. The van der Waals surface area contributed by atoms with E-state index in [2.05, 4.69) is 33.7 Å². The number of ether oxygens (including phenoxy) is 1. The molecule has 136 valence electrons. The van der Waals surface area contributed by atoms with Crippen molar-refractivity contribution in [2.45, 2.75) is 25.5 Å². The number of fused-ring (bicyclic) bond motifs is 3. The summed E-state index contributed by atoms with van der Waals surface area (Å²) in [7, 11) is 0. The van der Waals surface area contributed by atoms with Gasteiger partial charge in [0.15, 0.2) is 0 Å². The molecule has 1 aromatic heterocycles. The number of carbonyl (C=O) groups excluding carboxylic acids is 1. The molecule has 0 saturated carbocycles. The third kappa shape index (κ3) is 2.41. The lowest BCUT2D eigenvalue weighted by molar-refractivity contribution is 0.135. The molecule has 2 aliphatic heterocycles. The Hall–Kier alpha value is -3.26. The maximum atomic E-state index is 12.2. The van der Waals surface area contributed by atoms with E-state index in [1.807, 2.05) is 25.1 Å². The Balaban J connectivity index is 1.50. The van der Waals surface area contributed by atoms with Crippen LogP contribution in [0.1, 0.15) is 11.1 Å². The lowest BCUT2D eigenvalue weighted by Crippen LogP contribution is -2.37. The van der Waals surface area contributed by atoms with E-state index in [4.69, 9.17) is 10.5 Å². The number of tetrazole rings is 1. The molecule has 0 radical (unpaired) electrons. The first-order valence-corrected chi connectivity index (χ1v) is 8.83. The van der Waals surface area contributed by atoms with E-state index in [9.17, 15) is 4.79 Å². The number of benzene rings is 2. The summed E-state index contributed by atoms with van der Waals surface area (Å²) in [6.45, 7) is 2.37. The number of amides is 1. The normalized spacial score (nSPS) is 20.5. The van der Waals surface area contributed by atoms with E-state index in [1.54, 1.807) is 15.9 Å². The third-order valence-corrected chi connectivity index (χ3v) is 5.34. The van der Waals surface area contributed by atoms with Crippen molar-refractivity contribution in [1.82, 2.24) is 20.2 Å². The number of carbonyl (C=O) groups is 1. The fraction of sp³-hybridized carbons (Fsp3) is 0.263. The first-order valence-electron chi connectivity index (χ1n) is 8.83. The van der Waals surface area contributed by atoms with Crippen molar-refractivity contribution in [1.29, 1.82) is 0 Å². The van der Waals surface area contributed by atoms with Gasteiger partial charge in [-0.2, -0.15) is 0 Å². The molecule has 0 bridgehead atoms. The molecule has 2 aromatic carbocycles. The molecule has 27 heavy (non-hydrogen) atoms. The number of nitrogens with two attached hydrogens (primary N) is 1. The Morgan fingerprint density at radius 2 is 1.96 bits per heavy atom. The minimum Gasteiger partial charge on any atom is -0.442 e. The summed E-state index contributed by atoms with van der Waals surface area (Å²) in [6.07, 6.45) is 1.80. The molecule has 0 aliphatic carbocycles. The Morgan fingerprint density at radius 1 is 1.19 bits per heavy atom. The van der Waals surface area contributed by atoms with Gasteiger partial charge in [-0.3, -0.25) is 4.90 Å². The van der Waals surface area contributed by atoms with Crippen LogP contribution in [-0.2, 0) is 11.2 Å². The molecule has 0 spiro atoms. The lowest BCUT2D eigenvalue weighted by Gasteiger charge is -2.15. The zero-order chi connectivity index (χ0) is 18.5. The van der Waals surface area contributed by atoms with Gasteiger partial charge in [-0.15, -0.1) is 5.10 Å². The number of rotatable bonds is 3. The second-order valence-corrected chi connectivity index (χ2v) is 6.90. The van der Waals surface area contributed by atoms with E-state index in [1.165, 1.54) is 0 Å². The van der Waals surface area contributed by atoms with Crippen LogP contribution in [-0.4, -0.2) is 45.0 Å². The van der Waals surface area contributed by atoms with E-state index in [-0.39, 0.29) is 18.2 Å². The maximum Gasteiger partial charge on any atom is 0.415 e. The zero-order valence-electron chi connectivity index (χ0n) is 14.7. The molecule has 3 aromatic rings. The molecule has 1 fully saturated rings. The van der Waals surface area contributed by atoms with E-state index in [0.717, 1.165) is 40.0 Å². The van der Waals surface area contributed by atoms with E-state index < -0.39 is 0 Å². The molecule has 2 N–H and O–H groups in total. The molecule has 2 atom stereocenters. The number of nitrogens with zero attached hydrogens (tertiary/aromatic N) is 5. The predicted molar refractivity (Wildman–Crippen MR) is 98.6 cm³/mol. The summed E-state index contributed by atoms with van der Waals surface area (Å²) in [5.41, 5.74) is 12.1. The average molecular weight is 362 g/mol. The van der Waals surface area contributed by atoms with Gasteiger partial charge in [0, 0.05) is 6.54 Å². The number of aromatic nitrogens is 4. The van der Waals surface area contributed by atoms with Gasteiger partial charge >= 0.3 is 6.09 Å². The van der Waals surface area contributed by atoms with Crippen molar-refractivity contribution in [2.75, 3.05) is 11.4 Å². The molecule has 3 heterocycles. The molecule has 2 unspecified atom stereocenters. The quantitative estimate of drug-likeness (QED) is 0.763. The number of anilines is 1. The molecule has 5 rings (SSSR count). The Kier molecular flexibility index (Phi) is 3.48. The molecule has 8 nitrogen and oxygen atoms in total. The lowest BCUT2D eigenvalue weighted by atomic mass is 9.98. The van der Waals surface area contributed by atoms with Gasteiger partial charge in [-0.1, -0.05) is 12.1 Å². The minimum atomic E-state index is -0.302. The van der Waals surface area contributed by atoms with Crippen LogP contribution in [0.3, 0.4) is 0 Å². The topological polar surface area (TPSA) is 99.2 Å². The van der Waals surface area contributed by atoms with Crippen LogP contribution in [0.2, 0.25) is 0 Å². The monoisotopic (exact) mass is 362 g/mol. The highest BCUT2D eigenvalue weighted by Gasteiger charge is 2.46. The summed E-state index contributed by atoms with van der Waals surface area (Å²) < 4.78 is 7.00. The first-order chi connectivity index (χ1) is 13.2. The summed E-state index contributed by atoms with van der Waals surface area (Å²) in [4.78, 5) is 13.9. The van der Waals surface area contributed by atoms with Crippen LogP contribution in [0, 0.1) is 6.92 Å².